The Morgan fingerprint density at radius 3 is 2.90 bits per heavy atom. The molecule has 0 bridgehead atoms. The molecule has 0 radical (unpaired) electrons. The topological polar surface area (TPSA) is 70.9 Å². The third-order valence-electron chi connectivity index (χ3n) is 4.35. The molecule has 1 saturated carbocycles. The summed E-state index contributed by atoms with van der Waals surface area (Å²) >= 11 is 0. The molecule has 0 aliphatic heterocycles. The Hall–Kier alpha value is -1.81. The highest BCUT2D eigenvalue weighted by molar-refractivity contribution is 5.98. The number of H-pyrrole nitrogens is 1. The molecular formula is C16H21N3O. The predicted molar refractivity (Wildman–Crippen MR) is 80.6 cm³/mol. The van der Waals surface area contributed by atoms with Crippen molar-refractivity contribution < 1.29 is 4.79 Å². The lowest BCUT2D eigenvalue weighted by Crippen LogP contribution is -2.44. The van der Waals surface area contributed by atoms with Crippen LogP contribution < -0.4 is 11.1 Å². The van der Waals surface area contributed by atoms with Crippen molar-refractivity contribution in [2.45, 2.75) is 31.7 Å². The van der Waals surface area contributed by atoms with Gasteiger partial charge in [-0.05, 0) is 43.0 Å². The van der Waals surface area contributed by atoms with Gasteiger partial charge in [-0.2, -0.15) is 0 Å². The molecule has 1 aromatic carbocycles. The molecule has 20 heavy (non-hydrogen) atoms. The number of carbonyl (C=O) groups is 1. The van der Waals surface area contributed by atoms with Crippen LogP contribution in [0.5, 0.6) is 0 Å². The number of nitrogens with two attached hydrogens (primary N) is 1. The zero-order valence-electron chi connectivity index (χ0n) is 11.6. The van der Waals surface area contributed by atoms with Gasteiger partial charge in [-0.1, -0.05) is 12.8 Å². The molecule has 4 nitrogen and oxygen atoms in total. The minimum absolute atomic E-state index is 0.0181. The Morgan fingerprint density at radius 2 is 2.15 bits per heavy atom. The van der Waals surface area contributed by atoms with E-state index in [-0.39, 0.29) is 11.9 Å². The average Bonchev–Trinajstić information content (AvgIpc) is 3.14. The lowest BCUT2D eigenvalue weighted by molar-refractivity contribution is 0.0924. The van der Waals surface area contributed by atoms with E-state index in [2.05, 4.69) is 10.3 Å². The van der Waals surface area contributed by atoms with Crippen molar-refractivity contribution in [3.63, 3.8) is 0 Å². The number of nitrogens with one attached hydrogen (secondary N) is 2. The summed E-state index contributed by atoms with van der Waals surface area (Å²) in [6.07, 6.45) is 6.75. The van der Waals surface area contributed by atoms with Gasteiger partial charge in [-0.25, -0.2) is 0 Å². The van der Waals surface area contributed by atoms with Gasteiger partial charge in [0, 0.05) is 35.2 Å². The molecule has 4 heteroatoms. The average molecular weight is 271 g/mol. The number of rotatable bonds is 4. The standard InChI is InChI=1S/C16H21N3O/c17-10-15(11-3-1-2-4-11)19-16(20)13-5-6-14-12(9-13)7-8-18-14/h5-9,11,15,18H,1-4,10,17H2,(H,19,20). The predicted octanol–water partition coefficient (Wildman–Crippen LogP) is 2.42. The van der Waals surface area contributed by atoms with Crippen LogP contribution in [0.15, 0.2) is 30.5 Å². The molecule has 1 atom stereocenters. The lowest BCUT2D eigenvalue weighted by atomic mass is 9.97. The van der Waals surface area contributed by atoms with Crippen LogP contribution in [0.25, 0.3) is 10.9 Å². The Labute approximate surface area is 118 Å². The quantitative estimate of drug-likeness (QED) is 0.799. The van der Waals surface area contributed by atoms with Crippen molar-refractivity contribution >= 4 is 16.8 Å². The molecule has 2 aromatic rings. The van der Waals surface area contributed by atoms with Crippen LogP contribution >= 0.6 is 0 Å². The third kappa shape index (κ3) is 2.56. The van der Waals surface area contributed by atoms with Gasteiger partial charge in [0.1, 0.15) is 0 Å². The molecule has 1 aliphatic rings. The van der Waals surface area contributed by atoms with E-state index < -0.39 is 0 Å². The molecule has 4 N–H and O–H groups in total. The SMILES string of the molecule is NCC(NC(=O)c1ccc2[nH]ccc2c1)C1CCCC1. The maximum absolute atomic E-state index is 12.4. The number of benzene rings is 1. The van der Waals surface area contributed by atoms with E-state index in [4.69, 9.17) is 5.73 Å². The Bertz CT molecular complexity index is 599. The maximum Gasteiger partial charge on any atom is 0.251 e. The van der Waals surface area contributed by atoms with Crippen LogP contribution in [0.1, 0.15) is 36.0 Å². The molecule has 1 fully saturated rings. The second kappa shape index (κ2) is 5.67. The molecular weight excluding hydrogens is 250 g/mol. The first kappa shape index (κ1) is 13.2. The van der Waals surface area contributed by atoms with E-state index in [1.165, 1.54) is 25.7 Å². The number of carbonyl (C=O) groups excluding carboxylic acids is 1. The zero-order chi connectivity index (χ0) is 13.9. The summed E-state index contributed by atoms with van der Waals surface area (Å²) in [4.78, 5) is 15.5. The molecule has 1 aliphatic carbocycles. The summed E-state index contributed by atoms with van der Waals surface area (Å²) in [6.45, 7) is 0.517. The first-order chi connectivity index (χ1) is 9.78. The van der Waals surface area contributed by atoms with E-state index in [1.54, 1.807) is 0 Å². The van der Waals surface area contributed by atoms with Crippen molar-refractivity contribution in [1.29, 1.82) is 0 Å². The van der Waals surface area contributed by atoms with Crippen LogP contribution in [-0.2, 0) is 0 Å². The van der Waals surface area contributed by atoms with Gasteiger partial charge in [0.25, 0.3) is 5.91 Å². The van der Waals surface area contributed by atoms with E-state index in [0.717, 1.165) is 10.9 Å². The fourth-order valence-electron chi connectivity index (χ4n) is 3.18. The Kier molecular flexibility index (Phi) is 3.74. The molecule has 1 heterocycles. The third-order valence-corrected chi connectivity index (χ3v) is 4.35. The van der Waals surface area contributed by atoms with E-state index in [0.29, 0.717) is 18.0 Å². The van der Waals surface area contributed by atoms with E-state index >= 15 is 0 Å². The second-order valence-electron chi connectivity index (χ2n) is 5.64. The monoisotopic (exact) mass is 271 g/mol. The molecule has 1 aromatic heterocycles. The summed E-state index contributed by atoms with van der Waals surface area (Å²) in [5.41, 5.74) is 7.58. The van der Waals surface area contributed by atoms with Crippen molar-refractivity contribution in [3.8, 4) is 0 Å². The Morgan fingerprint density at radius 1 is 1.35 bits per heavy atom. The largest absolute Gasteiger partial charge is 0.361 e. The van der Waals surface area contributed by atoms with Crippen molar-refractivity contribution in [3.05, 3.63) is 36.0 Å². The summed E-state index contributed by atoms with van der Waals surface area (Å²) in [5.74, 6) is 0.524. The van der Waals surface area contributed by atoms with Crippen LogP contribution in [0.2, 0.25) is 0 Å². The van der Waals surface area contributed by atoms with Crippen molar-refractivity contribution in [1.82, 2.24) is 10.3 Å². The minimum atomic E-state index is -0.0181. The summed E-state index contributed by atoms with van der Waals surface area (Å²) in [6, 6.07) is 7.80. The number of amides is 1. The van der Waals surface area contributed by atoms with E-state index in [9.17, 15) is 4.79 Å². The summed E-state index contributed by atoms with van der Waals surface area (Å²) in [7, 11) is 0. The van der Waals surface area contributed by atoms with E-state index in [1.807, 2.05) is 30.5 Å². The van der Waals surface area contributed by atoms with Crippen LogP contribution in [0.3, 0.4) is 0 Å². The maximum atomic E-state index is 12.4. The van der Waals surface area contributed by atoms with Crippen LogP contribution in [-0.4, -0.2) is 23.5 Å². The summed E-state index contributed by atoms with van der Waals surface area (Å²) < 4.78 is 0. The zero-order valence-corrected chi connectivity index (χ0v) is 11.6. The molecule has 1 amide bonds. The highest BCUT2D eigenvalue weighted by atomic mass is 16.1. The van der Waals surface area contributed by atoms with Crippen molar-refractivity contribution in [2.24, 2.45) is 11.7 Å². The van der Waals surface area contributed by atoms with Gasteiger partial charge in [-0.3, -0.25) is 4.79 Å². The van der Waals surface area contributed by atoms with Gasteiger partial charge >= 0.3 is 0 Å². The molecule has 1 unspecified atom stereocenters. The van der Waals surface area contributed by atoms with Gasteiger partial charge in [0.05, 0.1) is 0 Å². The van der Waals surface area contributed by atoms with Crippen molar-refractivity contribution in [2.75, 3.05) is 6.54 Å². The summed E-state index contributed by atoms with van der Waals surface area (Å²) in [5, 5.41) is 4.17. The molecule has 0 saturated heterocycles. The fourth-order valence-corrected chi connectivity index (χ4v) is 3.18. The fraction of sp³-hybridized carbons (Fsp3) is 0.438. The highest BCUT2D eigenvalue weighted by Crippen LogP contribution is 2.27. The minimum Gasteiger partial charge on any atom is -0.361 e. The first-order valence-electron chi connectivity index (χ1n) is 7.36. The Balaban J connectivity index is 1.73. The molecule has 106 valence electrons. The number of aromatic nitrogens is 1. The van der Waals surface area contributed by atoms with Gasteiger partial charge < -0.3 is 16.0 Å². The van der Waals surface area contributed by atoms with Crippen LogP contribution in [0.4, 0.5) is 0 Å². The van der Waals surface area contributed by atoms with Gasteiger partial charge in [0.15, 0.2) is 0 Å². The number of hydrogen-bond acceptors (Lipinski definition) is 2. The molecule has 3 rings (SSSR count). The number of aromatic amines is 1. The highest BCUT2D eigenvalue weighted by Gasteiger charge is 2.25. The van der Waals surface area contributed by atoms with Crippen LogP contribution in [0, 0.1) is 5.92 Å². The molecule has 0 spiro atoms. The number of hydrogen-bond donors (Lipinski definition) is 3. The van der Waals surface area contributed by atoms with Gasteiger partial charge in [-0.15, -0.1) is 0 Å². The lowest BCUT2D eigenvalue weighted by Gasteiger charge is -2.23. The van der Waals surface area contributed by atoms with Gasteiger partial charge in [0.2, 0.25) is 0 Å². The number of fused-ring (bicyclic) bond motifs is 1. The normalized spacial score (nSPS) is 17.4. The second-order valence-corrected chi connectivity index (χ2v) is 5.64. The smallest absolute Gasteiger partial charge is 0.251 e. The first-order valence-corrected chi connectivity index (χ1v) is 7.36.